The summed E-state index contributed by atoms with van der Waals surface area (Å²) in [6.07, 6.45) is 8.78. The lowest BCUT2D eigenvalue weighted by molar-refractivity contribution is 0.0807. The van der Waals surface area contributed by atoms with Gasteiger partial charge in [0.15, 0.2) is 0 Å². The van der Waals surface area contributed by atoms with Gasteiger partial charge in [-0.25, -0.2) is 0 Å². The number of nitrogens with zero attached hydrogens (tertiary/aromatic N) is 1. The zero-order chi connectivity index (χ0) is 20.9. The number of benzene rings is 1. The number of nitrogens with one attached hydrogen (secondary N) is 2. The van der Waals surface area contributed by atoms with Crippen molar-refractivity contribution in [2.45, 2.75) is 52.4 Å². The number of allylic oxidation sites excluding steroid dienone is 2. The normalized spacial score (nSPS) is 14.0. The molecule has 1 aliphatic rings. The molecule has 0 amide bonds. The summed E-state index contributed by atoms with van der Waals surface area (Å²) in [6, 6.07) is 5.68. The Balaban J connectivity index is 1.98. The second-order valence-corrected chi connectivity index (χ2v) is 8.79. The van der Waals surface area contributed by atoms with Gasteiger partial charge in [-0.15, -0.1) is 0 Å². The van der Waals surface area contributed by atoms with Crippen LogP contribution in [0.4, 0.5) is 11.4 Å². The van der Waals surface area contributed by atoms with Gasteiger partial charge in [0, 0.05) is 28.1 Å². The van der Waals surface area contributed by atoms with Crippen molar-refractivity contribution in [1.29, 1.82) is 0 Å². The average Bonchev–Trinajstić information content (AvgIpc) is 2.69. The highest BCUT2D eigenvalue weighted by molar-refractivity contribution is 6.31. The largest absolute Gasteiger partial charge is 0.396 e. The van der Waals surface area contributed by atoms with Crippen molar-refractivity contribution in [2.24, 2.45) is 5.41 Å². The Morgan fingerprint density at radius 2 is 2.00 bits per heavy atom. The van der Waals surface area contributed by atoms with E-state index in [9.17, 15) is 10.2 Å². The summed E-state index contributed by atoms with van der Waals surface area (Å²) in [4.78, 5) is 4.62. The fourth-order valence-electron chi connectivity index (χ4n) is 3.41. The van der Waals surface area contributed by atoms with Gasteiger partial charge in [0.1, 0.15) is 0 Å². The molecule has 4 N–H and O–H groups in total. The molecule has 1 aromatic carbocycles. The van der Waals surface area contributed by atoms with E-state index < -0.39 is 5.41 Å². The molecule has 2 aromatic rings. The summed E-state index contributed by atoms with van der Waals surface area (Å²) >= 11 is 6.17. The molecule has 0 atom stereocenters. The van der Waals surface area contributed by atoms with E-state index in [1.165, 1.54) is 30.5 Å². The highest BCUT2D eigenvalue weighted by atomic mass is 35.5. The fraction of sp³-hybridized carbons (Fsp3) is 0.522. The smallest absolute Gasteiger partial charge is 0.0810 e. The molecule has 0 unspecified atom stereocenters. The third kappa shape index (κ3) is 5.21. The maximum absolute atomic E-state index is 9.68. The topological polar surface area (TPSA) is 77.4 Å². The number of anilines is 2. The molecule has 0 saturated heterocycles. The lowest BCUT2D eigenvalue weighted by atomic mass is 9.89. The van der Waals surface area contributed by atoms with Gasteiger partial charge in [0.05, 0.1) is 36.3 Å². The number of rotatable bonds is 10. The maximum Gasteiger partial charge on any atom is 0.0810 e. The van der Waals surface area contributed by atoms with Gasteiger partial charge < -0.3 is 20.8 Å². The van der Waals surface area contributed by atoms with E-state index >= 15 is 0 Å². The van der Waals surface area contributed by atoms with E-state index in [-0.39, 0.29) is 13.2 Å². The number of pyridine rings is 1. The van der Waals surface area contributed by atoms with Crippen molar-refractivity contribution in [3.8, 4) is 0 Å². The van der Waals surface area contributed by atoms with Gasteiger partial charge in [0.2, 0.25) is 0 Å². The molecule has 1 saturated carbocycles. The summed E-state index contributed by atoms with van der Waals surface area (Å²) in [5.41, 5.74) is 4.86. The Labute approximate surface area is 178 Å². The predicted molar refractivity (Wildman–Crippen MR) is 122 cm³/mol. The van der Waals surface area contributed by atoms with Gasteiger partial charge in [-0.05, 0) is 50.3 Å². The lowest BCUT2D eigenvalue weighted by Gasteiger charge is -2.28. The second-order valence-electron chi connectivity index (χ2n) is 8.35. The van der Waals surface area contributed by atoms with Crippen LogP contribution in [-0.2, 0) is 0 Å². The number of hydrogen-bond donors (Lipinski definition) is 4. The van der Waals surface area contributed by atoms with Gasteiger partial charge in [-0.3, -0.25) is 4.98 Å². The van der Waals surface area contributed by atoms with E-state index in [0.717, 1.165) is 41.5 Å². The van der Waals surface area contributed by atoms with Crippen molar-refractivity contribution in [3.05, 3.63) is 40.7 Å². The number of unbranched alkanes of at least 4 members (excludes halogenated alkanes) is 1. The second kappa shape index (κ2) is 9.79. The lowest BCUT2D eigenvalue weighted by Crippen LogP contribution is -2.34. The molecule has 5 nitrogen and oxygen atoms in total. The summed E-state index contributed by atoms with van der Waals surface area (Å²) in [5.74, 6) is 0. The molecule has 1 fully saturated rings. The molecule has 3 rings (SSSR count). The Morgan fingerprint density at radius 3 is 2.62 bits per heavy atom. The van der Waals surface area contributed by atoms with Crippen LogP contribution < -0.4 is 10.6 Å². The van der Waals surface area contributed by atoms with Crippen LogP contribution in [-0.4, -0.2) is 35.0 Å². The van der Waals surface area contributed by atoms with Crippen molar-refractivity contribution in [3.63, 3.8) is 0 Å². The molecule has 0 spiro atoms. The number of hydrogen-bond acceptors (Lipinski definition) is 5. The van der Waals surface area contributed by atoms with E-state index in [1.54, 1.807) is 0 Å². The zero-order valence-corrected chi connectivity index (χ0v) is 18.1. The number of fused-ring (bicyclic) bond motifs is 1. The van der Waals surface area contributed by atoms with Crippen molar-refractivity contribution in [1.82, 2.24) is 4.98 Å². The van der Waals surface area contributed by atoms with Gasteiger partial charge in [-0.2, -0.15) is 0 Å². The molecule has 6 heteroatoms. The number of aliphatic hydroxyl groups is 2. The minimum Gasteiger partial charge on any atom is -0.396 e. The molecular formula is C23H32ClN3O2. The molecule has 0 aliphatic heterocycles. The first-order valence-corrected chi connectivity index (χ1v) is 10.9. The van der Waals surface area contributed by atoms with Gasteiger partial charge >= 0.3 is 0 Å². The van der Waals surface area contributed by atoms with Crippen LogP contribution in [0.1, 0.15) is 52.4 Å². The Morgan fingerprint density at radius 1 is 1.24 bits per heavy atom. The maximum atomic E-state index is 9.68. The zero-order valence-electron chi connectivity index (χ0n) is 17.4. The van der Waals surface area contributed by atoms with Crippen LogP contribution in [0.25, 0.3) is 10.9 Å². The molecular weight excluding hydrogens is 386 g/mol. The molecule has 0 bridgehead atoms. The minimum absolute atomic E-state index is 0.0973. The van der Waals surface area contributed by atoms with E-state index in [0.29, 0.717) is 11.6 Å². The minimum atomic E-state index is -0.614. The third-order valence-corrected chi connectivity index (χ3v) is 5.97. The molecule has 29 heavy (non-hydrogen) atoms. The van der Waals surface area contributed by atoms with E-state index in [2.05, 4.69) is 22.5 Å². The first-order chi connectivity index (χ1) is 14.0. The van der Waals surface area contributed by atoms with Crippen molar-refractivity contribution in [2.75, 3.05) is 30.4 Å². The van der Waals surface area contributed by atoms with Gasteiger partial charge in [-0.1, -0.05) is 37.4 Å². The number of aliphatic hydroxyl groups excluding tert-OH is 2. The predicted octanol–water partition coefficient (Wildman–Crippen LogP) is 5.33. The Kier molecular flexibility index (Phi) is 7.38. The standard InChI is InChI=1S/C23H32ClN3O2/c1-3-4-8-19(16-6-5-7-16)27-21-12-25-20-11-17(24)9-10-18(20)22(21)26-13-23(2,14-28)15-29/h9-12,27-29H,3-8,13-15H2,1-2H3,(H,25,26). The van der Waals surface area contributed by atoms with Crippen LogP contribution in [0.5, 0.6) is 0 Å². The van der Waals surface area contributed by atoms with Crippen LogP contribution in [0.2, 0.25) is 5.02 Å². The van der Waals surface area contributed by atoms with Crippen molar-refractivity contribution >= 4 is 33.9 Å². The fourth-order valence-corrected chi connectivity index (χ4v) is 3.58. The first-order valence-electron chi connectivity index (χ1n) is 10.5. The SMILES string of the molecule is CCCCC(Nc1cnc2cc(Cl)ccc2c1NCC(C)(CO)CO)=C1CCC1. The monoisotopic (exact) mass is 417 g/mol. The third-order valence-electron chi connectivity index (χ3n) is 5.74. The van der Waals surface area contributed by atoms with Gasteiger partial charge in [0.25, 0.3) is 0 Å². The van der Waals surface area contributed by atoms with E-state index in [4.69, 9.17) is 11.6 Å². The molecule has 1 heterocycles. The molecule has 158 valence electrons. The molecule has 1 aromatic heterocycles. The van der Waals surface area contributed by atoms with Crippen LogP contribution in [0.3, 0.4) is 0 Å². The average molecular weight is 418 g/mol. The van der Waals surface area contributed by atoms with Crippen molar-refractivity contribution < 1.29 is 10.2 Å². The van der Waals surface area contributed by atoms with E-state index in [1.807, 2.05) is 31.3 Å². The quantitative estimate of drug-likeness (QED) is 0.420. The Hall–Kier alpha value is -1.82. The summed E-state index contributed by atoms with van der Waals surface area (Å²) in [7, 11) is 0. The number of aromatic nitrogens is 1. The Bertz CT molecular complexity index is 872. The van der Waals surface area contributed by atoms with Crippen LogP contribution in [0, 0.1) is 5.41 Å². The first kappa shape index (κ1) is 21.9. The summed E-state index contributed by atoms with van der Waals surface area (Å²) < 4.78 is 0. The number of halogens is 1. The summed E-state index contributed by atoms with van der Waals surface area (Å²) in [5, 5.41) is 28.1. The molecule has 1 aliphatic carbocycles. The highest BCUT2D eigenvalue weighted by Crippen LogP contribution is 2.36. The van der Waals surface area contributed by atoms with Crippen LogP contribution in [0.15, 0.2) is 35.7 Å². The van der Waals surface area contributed by atoms with Crippen LogP contribution >= 0.6 is 11.6 Å². The highest BCUT2D eigenvalue weighted by Gasteiger charge is 2.24. The molecule has 0 radical (unpaired) electrons. The summed E-state index contributed by atoms with van der Waals surface area (Å²) in [6.45, 7) is 4.31.